The minimum Gasteiger partial charge on any atom is -0.310 e. The van der Waals surface area contributed by atoms with Crippen molar-refractivity contribution in [2.75, 3.05) is 4.90 Å². The first-order chi connectivity index (χ1) is 34.7. The van der Waals surface area contributed by atoms with Crippen molar-refractivity contribution in [3.8, 4) is 61.3 Å². The van der Waals surface area contributed by atoms with Crippen LogP contribution >= 0.6 is 0 Å². The number of benzene rings is 12. The Balaban J connectivity index is 0.976. The van der Waals surface area contributed by atoms with Crippen molar-refractivity contribution in [2.24, 2.45) is 0 Å². The van der Waals surface area contributed by atoms with Gasteiger partial charge in [0.1, 0.15) is 0 Å². The third kappa shape index (κ3) is 7.31. The van der Waals surface area contributed by atoms with E-state index in [4.69, 9.17) is 0 Å². The zero-order valence-electron chi connectivity index (χ0n) is 38.5. The van der Waals surface area contributed by atoms with Gasteiger partial charge in [-0.2, -0.15) is 0 Å². The maximum atomic E-state index is 2.48. The largest absolute Gasteiger partial charge is 0.310 e. The highest BCUT2D eigenvalue weighted by atomic mass is 15.1. The number of hydrogen-bond donors (Lipinski definition) is 0. The third-order valence-electron chi connectivity index (χ3n) is 14.0. The number of hydrogen-bond acceptors (Lipinski definition) is 1. The van der Waals surface area contributed by atoms with E-state index in [2.05, 4.69) is 289 Å². The molecule has 70 heavy (non-hydrogen) atoms. The maximum absolute atomic E-state index is 2.48. The molecule has 0 spiro atoms. The minimum atomic E-state index is 1.08. The van der Waals surface area contributed by atoms with Crippen LogP contribution in [0.2, 0.25) is 0 Å². The Kier molecular flexibility index (Phi) is 10.2. The van der Waals surface area contributed by atoms with Crippen molar-refractivity contribution < 1.29 is 0 Å². The van der Waals surface area contributed by atoms with Crippen molar-refractivity contribution in [3.05, 3.63) is 279 Å². The van der Waals surface area contributed by atoms with Crippen molar-refractivity contribution >= 4 is 60.4 Å². The van der Waals surface area contributed by atoms with E-state index in [-0.39, 0.29) is 0 Å². The van der Waals surface area contributed by atoms with Gasteiger partial charge in [-0.3, -0.25) is 0 Å². The Morgan fingerprint density at radius 2 is 0.614 bits per heavy atom. The number of rotatable bonds is 9. The van der Waals surface area contributed by atoms with Crippen molar-refractivity contribution in [1.29, 1.82) is 0 Å². The molecular formula is C68H46N2. The standard InChI is InChI=1S/C68H46N2/c1-3-16-47(17-4-1)49-32-38-56(39-33-49)69(57-40-34-50(35-41-57)48-18-5-2-6-19-48)58-25-13-24-53(44-58)63-28-11-12-31-66(63)70-67-42-36-54(61-29-14-22-51-20-7-9-26-59(51)61)45-64(67)65-46-55(37-43-68(65)70)62-30-15-23-52-21-8-10-27-60(52)62/h1-46H. The zero-order valence-corrected chi connectivity index (χ0v) is 38.5. The van der Waals surface area contributed by atoms with Gasteiger partial charge < -0.3 is 9.47 Å². The highest BCUT2D eigenvalue weighted by Crippen LogP contribution is 2.43. The summed E-state index contributed by atoms with van der Waals surface area (Å²) in [6.45, 7) is 0. The SMILES string of the molecule is c1ccc(-c2ccc(N(c3ccc(-c4ccccc4)cc3)c3cccc(-c4ccccc4-n4c5ccc(-c6cccc7ccccc67)cc5c5cc(-c6cccc7ccccc67)ccc54)c3)cc2)cc1. The van der Waals surface area contributed by atoms with E-state index in [1.54, 1.807) is 0 Å². The van der Waals surface area contributed by atoms with E-state index in [1.807, 2.05) is 0 Å². The van der Waals surface area contributed by atoms with Crippen LogP contribution in [0.4, 0.5) is 17.1 Å². The van der Waals surface area contributed by atoms with Gasteiger partial charge in [0.05, 0.1) is 16.7 Å². The molecule has 0 aliphatic heterocycles. The van der Waals surface area contributed by atoms with Crippen LogP contribution in [0.1, 0.15) is 0 Å². The average molecular weight is 891 g/mol. The molecule has 1 aromatic heterocycles. The monoisotopic (exact) mass is 890 g/mol. The lowest BCUT2D eigenvalue weighted by molar-refractivity contribution is 1.18. The minimum absolute atomic E-state index is 1.08. The van der Waals surface area contributed by atoms with Crippen LogP contribution in [0.25, 0.3) is 105 Å². The summed E-state index contributed by atoms with van der Waals surface area (Å²) < 4.78 is 2.48. The van der Waals surface area contributed by atoms with Gasteiger partial charge in [0.2, 0.25) is 0 Å². The zero-order chi connectivity index (χ0) is 46.4. The second-order valence-electron chi connectivity index (χ2n) is 18.1. The molecule has 0 aliphatic carbocycles. The fraction of sp³-hybridized carbons (Fsp3) is 0. The Morgan fingerprint density at radius 3 is 1.16 bits per heavy atom. The topological polar surface area (TPSA) is 8.17 Å². The predicted octanol–water partition coefficient (Wildman–Crippen LogP) is 18.9. The number of nitrogens with zero attached hydrogens (tertiary/aromatic N) is 2. The molecule has 328 valence electrons. The van der Waals surface area contributed by atoms with E-state index >= 15 is 0 Å². The Morgan fingerprint density at radius 1 is 0.229 bits per heavy atom. The lowest BCUT2D eigenvalue weighted by atomic mass is 9.95. The second kappa shape index (κ2) is 17.4. The average Bonchev–Trinajstić information content (AvgIpc) is 3.76. The first-order valence-electron chi connectivity index (χ1n) is 24.1. The van der Waals surface area contributed by atoms with Crippen molar-refractivity contribution in [2.45, 2.75) is 0 Å². The molecule has 0 amide bonds. The molecule has 0 atom stereocenters. The Labute approximate surface area is 408 Å². The molecule has 0 bridgehead atoms. The summed E-state index contributed by atoms with van der Waals surface area (Å²) in [6, 6.07) is 102. The first kappa shape index (κ1) is 41.0. The smallest absolute Gasteiger partial charge is 0.0541 e. The third-order valence-corrected chi connectivity index (χ3v) is 14.0. The first-order valence-corrected chi connectivity index (χ1v) is 24.1. The van der Waals surface area contributed by atoms with Crippen LogP contribution in [-0.2, 0) is 0 Å². The molecule has 0 aliphatic rings. The number of aromatic nitrogens is 1. The number of para-hydroxylation sites is 1. The van der Waals surface area contributed by atoms with Gasteiger partial charge in [0.25, 0.3) is 0 Å². The van der Waals surface area contributed by atoms with Gasteiger partial charge >= 0.3 is 0 Å². The van der Waals surface area contributed by atoms with Crippen LogP contribution in [0.15, 0.2) is 279 Å². The molecule has 0 unspecified atom stereocenters. The molecule has 0 radical (unpaired) electrons. The second-order valence-corrected chi connectivity index (χ2v) is 18.1. The molecule has 0 saturated carbocycles. The summed E-state index contributed by atoms with van der Waals surface area (Å²) in [5.41, 5.74) is 18.6. The molecule has 0 N–H and O–H groups in total. The van der Waals surface area contributed by atoms with E-state index < -0.39 is 0 Å². The summed E-state index contributed by atoms with van der Waals surface area (Å²) in [5, 5.41) is 7.42. The van der Waals surface area contributed by atoms with Gasteiger partial charge in [-0.15, -0.1) is 0 Å². The number of fused-ring (bicyclic) bond motifs is 5. The van der Waals surface area contributed by atoms with Crippen LogP contribution in [-0.4, -0.2) is 4.57 Å². The van der Waals surface area contributed by atoms with Crippen LogP contribution in [0.5, 0.6) is 0 Å². The summed E-state index contributed by atoms with van der Waals surface area (Å²) in [5.74, 6) is 0. The number of anilines is 3. The van der Waals surface area contributed by atoms with E-state index in [0.29, 0.717) is 0 Å². The Hall–Kier alpha value is -9.24. The van der Waals surface area contributed by atoms with E-state index in [9.17, 15) is 0 Å². The lowest BCUT2D eigenvalue weighted by Gasteiger charge is -2.27. The highest BCUT2D eigenvalue weighted by molar-refractivity contribution is 6.13. The van der Waals surface area contributed by atoms with Gasteiger partial charge in [0, 0.05) is 33.4 Å². The fourth-order valence-electron chi connectivity index (χ4n) is 10.6. The van der Waals surface area contributed by atoms with Gasteiger partial charge in [-0.1, -0.05) is 212 Å². The summed E-state index contributed by atoms with van der Waals surface area (Å²) in [4.78, 5) is 2.37. The van der Waals surface area contributed by atoms with Crippen LogP contribution in [0.3, 0.4) is 0 Å². The molecule has 13 rings (SSSR count). The van der Waals surface area contributed by atoms with Crippen LogP contribution < -0.4 is 4.90 Å². The van der Waals surface area contributed by atoms with E-state index in [1.165, 1.54) is 76.8 Å². The van der Waals surface area contributed by atoms with Gasteiger partial charge in [-0.25, -0.2) is 0 Å². The molecule has 12 aromatic carbocycles. The highest BCUT2D eigenvalue weighted by Gasteiger charge is 2.20. The quantitative estimate of drug-likeness (QED) is 0.140. The van der Waals surface area contributed by atoms with Gasteiger partial charge in [0.15, 0.2) is 0 Å². The van der Waals surface area contributed by atoms with Crippen molar-refractivity contribution in [1.82, 2.24) is 4.57 Å². The molecular weight excluding hydrogens is 845 g/mol. The molecule has 2 heteroatoms. The van der Waals surface area contributed by atoms with Crippen LogP contribution in [0, 0.1) is 0 Å². The molecule has 0 fully saturated rings. The maximum Gasteiger partial charge on any atom is 0.0541 e. The summed E-state index contributed by atoms with van der Waals surface area (Å²) >= 11 is 0. The molecule has 2 nitrogen and oxygen atoms in total. The summed E-state index contributed by atoms with van der Waals surface area (Å²) in [7, 11) is 0. The van der Waals surface area contributed by atoms with Gasteiger partial charge in [-0.05, 0) is 138 Å². The molecule has 1 heterocycles. The normalized spacial score (nSPS) is 11.4. The summed E-state index contributed by atoms with van der Waals surface area (Å²) in [6.07, 6.45) is 0. The lowest BCUT2D eigenvalue weighted by Crippen LogP contribution is -2.10. The predicted molar refractivity (Wildman–Crippen MR) is 298 cm³/mol. The molecule has 0 saturated heterocycles. The Bertz CT molecular complexity index is 3810. The van der Waals surface area contributed by atoms with Crippen molar-refractivity contribution in [3.63, 3.8) is 0 Å². The van der Waals surface area contributed by atoms with E-state index in [0.717, 1.165) is 44.9 Å². The fourth-order valence-corrected chi connectivity index (χ4v) is 10.6. The molecule has 13 aromatic rings.